The average Bonchev–Trinajstić information content (AvgIpc) is 3.13. The minimum atomic E-state index is -0.902. The average molecular weight is 737 g/mol. The van der Waals surface area contributed by atoms with Gasteiger partial charge in [0.25, 0.3) is 5.91 Å². The summed E-state index contributed by atoms with van der Waals surface area (Å²) < 4.78 is 11.1. The number of nitrogens with zero attached hydrogens (tertiary/aromatic N) is 4. The van der Waals surface area contributed by atoms with Crippen molar-refractivity contribution in [2.24, 2.45) is 0 Å². The second-order valence-electron chi connectivity index (χ2n) is 11.9. The van der Waals surface area contributed by atoms with Gasteiger partial charge in [0, 0.05) is 86.4 Å². The van der Waals surface area contributed by atoms with Crippen LogP contribution in [0.1, 0.15) is 47.8 Å². The van der Waals surface area contributed by atoms with Crippen LogP contribution in [0.25, 0.3) is 22.5 Å². The highest BCUT2D eigenvalue weighted by molar-refractivity contribution is 6.39. The summed E-state index contributed by atoms with van der Waals surface area (Å²) in [6.45, 7) is 4.23. The van der Waals surface area contributed by atoms with E-state index in [9.17, 15) is 14.4 Å². The quantitative estimate of drug-likeness (QED) is 0.122. The standard InChI is InChI=1S/C36H39Cl2N7O6/c1-21(46)45-15-11-24(12-16-45)41-19-22-7-8-27(44-36(22)51-3)25-9-14-40-34(33(25)38)26-5-4-6-28(32(26)37)43-35(49)29-17-30(50-2)23(20-42-29)18-39-13-10-31(47)48/h4-9,14,17,20,24,39,41H,10-13,15-16,18-19H2,1-3H3,(H,43,49)(H,47,48). The van der Waals surface area contributed by atoms with Crippen LogP contribution in [-0.4, -0.2) is 82.6 Å². The van der Waals surface area contributed by atoms with Gasteiger partial charge in [0.2, 0.25) is 11.8 Å². The molecule has 0 spiro atoms. The van der Waals surface area contributed by atoms with Gasteiger partial charge in [-0.15, -0.1) is 0 Å². The molecule has 0 bridgehead atoms. The number of anilines is 1. The molecule has 1 aliphatic heterocycles. The van der Waals surface area contributed by atoms with Gasteiger partial charge in [-0.1, -0.05) is 41.4 Å². The first-order valence-electron chi connectivity index (χ1n) is 16.3. The lowest BCUT2D eigenvalue weighted by atomic mass is 10.0. The molecule has 15 heteroatoms. The molecule has 4 heterocycles. The molecule has 4 N–H and O–H groups in total. The zero-order chi connectivity index (χ0) is 36.5. The zero-order valence-electron chi connectivity index (χ0n) is 28.5. The summed E-state index contributed by atoms with van der Waals surface area (Å²) in [6, 6.07) is 12.5. The number of amides is 2. The predicted molar refractivity (Wildman–Crippen MR) is 194 cm³/mol. The van der Waals surface area contributed by atoms with Gasteiger partial charge in [-0.3, -0.25) is 24.4 Å². The third kappa shape index (κ3) is 9.30. The Bertz CT molecular complexity index is 1900. The molecule has 3 aromatic heterocycles. The molecular formula is C36H39Cl2N7O6. The summed E-state index contributed by atoms with van der Waals surface area (Å²) in [6.07, 6.45) is 4.85. The number of likely N-dealkylation sites (tertiary alicyclic amines) is 1. The molecule has 1 aliphatic rings. The van der Waals surface area contributed by atoms with E-state index >= 15 is 0 Å². The third-order valence-corrected chi connectivity index (χ3v) is 9.34. The number of carboxylic acids is 1. The molecule has 0 atom stereocenters. The molecule has 0 saturated carbocycles. The fourth-order valence-electron chi connectivity index (χ4n) is 5.74. The summed E-state index contributed by atoms with van der Waals surface area (Å²) >= 11 is 13.8. The summed E-state index contributed by atoms with van der Waals surface area (Å²) in [4.78, 5) is 51.1. The van der Waals surface area contributed by atoms with E-state index in [4.69, 9.17) is 42.8 Å². The number of methoxy groups -OCH3 is 2. The van der Waals surface area contributed by atoms with Crippen molar-refractivity contribution in [3.05, 3.63) is 81.7 Å². The fourth-order valence-corrected chi connectivity index (χ4v) is 6.31. The molecule has 1 aromatic carbocycles. The molecule has 268 valence electrons. The summed E-state index contributed by atoms with van der Waals surface area (Å²) in [5, 5.41) is 18.8. The predicted octanol–water partition coefficient (Wildman–Crippen LogP) is 5.45. The number of hydrogen-bond donors (Lipinski definition) is 4. The number of rotatable bonds is 14. The van der Waals surface area contributed by atoms with E-state index in [0.717, 1.165) is 31.5 Å². The number of pyridine rings is 3. The Morgan fingerprint density at radius 2 is 1.75 bits per heavy atom. The maximum Gasteiger partial charge on any atom is 0.304 e. The van der Waals surface area contributed by atoms with Crippen LogP contribution in [0, 0.1) is 0 Å². The highest BCUT2D eigenvalue weighted by Crippen LogP contribution is 2.40. The number of aromatic nitrogens is 3. The maximum atomic E-state index is 13.2. The third-order valence-electron chi connectivity index (χ3n) is 8.55. The van der Waals surface area contributed by atoms with E-state index in [2.05, 4.69) is 25.9 Å². The molecule has 5 rings (SSSR count). The number of carboxylic acid groups (broad SMARTS) is 1. The van der Waals surface area contributed by atoms with E-state index in [0.29, 0.717) is 63.5 Å². The van der Waals surface area contributed by atoms with Crippen LogP contribution >= 0.6 is 23.2 Å². The summed E-state index contributed by atoms with van der Waals surface area (Å²) in [5.74, 6) is -0.426. The fraction of sp³-hybridized carbons (Fsp3) is 0.333. The van der Waals surface area contributed by atoms with E-state index in [-0.39, 0.29) is 35.6 Å². The number of piperidine rings is 1. The lowest BCUT2D eigenvalue weighted by Crippen LogP contribution is -2.44. The highest BCUT2D eigenvalue weighted by Gasteiger charge is 2.22. The molecule has 13 nitrogen and oxygen atoms in total. The van der Waals surface area contributed by atoms with Crippen molar-refractivity contribution in [2.75, 3.05) is 39.2 Å². The van der Waals surface area contributed by atoms with Crippen LogP contribution in [0.2, 0.25) is 10.0 Å². The minimum Gasteiger partial charge on any atom is -0.496 e. The first kappa shape index (κ1) is 37.4. The second kappa shape index (κ2) is 17.4. The molecule has 0 aliphatic carbocycles. The Labute approximate surface area is 305 Å². The zero-order valence-corrected chi connectivity index (χ0v) is 30.0. The molecule has 0 radical (unpaired) electrons. The maximum absolute atomic E-state index is 13.2. The van der Waals surface area contributed by atoms with Crippen molar-refractivity contribution in [2.45, 2.75) is 45.3 Å². The number of hydrogen-bond acceptors (Lipinski definition) is 10. The Balaban J connectivity index is 1.30. The number of nitrogens with one attached hydrogen (secondary N) is 3. The number of aliphatic carboxylic acids is 1. The smallest absolute Gasteiger partial charge is 0.304 e. The highest BCUT2D eigenvalue weighted by atomic mass is 35.5. The molecule has 51 heavy (non-hydrogen) atoms. The van der Waals surface area contributed by atoms with Crippen molar-refractivity contribution >= 4 is 46.7 Å². The topological polar surface area (TPSA) is 168 Å². The summed E-state index contributed by atoms with van der Waals surface area (Å²) in [5.41, 5.74) is 4.08. The largest absolute Gasteiger partial charge is 0.496 e. The molecule has 1 fully saturated rings. The first-order valence-corrected chi connectivity index (χ1v) is 17.1. The van der Waals surface area contributed by atoms with Crippen LogP contribution < -0.4 is 25.4 Å². The van der Waals surface area contributed by atoms with Gasteiger partial charge in [0.1, 0.15) is 11.4 Å². The SMILES string of the molecule is COc1cc(C(=O)Nc2cccc(-c3nccc(-c4ccc(CNC5CCN(C(C)=O)CC5)c(OC)n4)c3Cl)c2Cl)ncc1CNCCC(=O)O. The van der Waals surface area contributed by atoms with E-state index in [1.165, 1.54) is 19.4 Å². The van der Waals surface area contributed by atoms with E-state index in [1.54, 1.807) is 44.5 Å². The van der Waals surface area contributed by atoms with Crippen molar-refractivity contribution in [3.63, 3.8) is 0 Å². The van der Waals surface area contributed by atoms with Gasteiger partial charge in [-0.2, -0.15) is 0 Å². The minimum absolute atomic E-state index is 0.0244. The van der Waals surface area contributed by atoms with Crippen molar-refractivity contribution < 1.29 is 29.0 Å². The van der Waals surface area contributed by atoms with E-state index in [1.807, 2.05) is 17.0 Å². The number of halogens is 2. The summed E-state index contributed by atoms with van der Waals surface area (Å²) in [7, 11) is 3.05. The Morgan fingerprint density at radius 1 is 0.961 bits per heavy atom. The lowest BCUT2D eigenvalue weighted by molar-refractivity contribution is -0.137. The van der Waals surface area contributed by atoms with Crippen molar-refractivity contribution in [1.29, 1.82) is 0 Å². The monoisotopic (exact) mass is 735 g/mol. The number of carbonyl (C=O) groups is 3. The Kier molecular flexibility index (Phi) is 12.8. The number of carbonyl (C=O) groups excluding carboxylic acids is 2. The second-order valence-corrected chi connectivity index (χ2v) is 12.6. The molecule has 2 amide bonds. The van der Waals surface area contributed by atoms with Crippen LogP contribution in [-0.2, 0) is 22.7 Å². The van der Waals surface area contributed by atoms with Gasteiger partial charge in [0.15, 0.2) is 0 Å². The molecule has 4 aromatic rings. The van der Waals surface area contributed by atoms with Gasteiger partial charge in [0.05, 0.1) is 47.8 Å². The van der Waals surface area contributed by atoms with Crippen molar-refractivity contribution in [3.8, 4) is 34.1 Å². The number of ether oxygens (including phenoxy) is 2. The normalized spacial score (nSPS) is 13.2. The Hall–Kier alpha value is -4.82. The van der Waals surface area contributed by atoms with Crippen molar-refractivity contribution in [1.82, 2.24) is 30.5 Å². The van der Waals surface area contributed by atoms with Gasteiger partial charge in [-0.05, 0) is 31.0 Å². The van der Waals surface area contributed by atoms with Crippen LogP contribution in [0.3, 0.4) is 0 Å². The molecule has 0 unspecified atom stereocenters. The van der Waals surface area contributed by atoms with Crippen LogP contribution in [0.5, 0.6) is 11.6 Å². The first-order chi connectivity index (χ1) is 24.6. The van der Waals surface area contributed by atoms with Gasteiger partial charge >= 0.3 is 5.97 Å². The van der Waals surface area contributed by atoms with Gasteiger partial charge in [-0.25, -0.2) is 4.98 Å². The molecular weight excluding hydrogens is 697 g/mol. The Morgan fingerprint density at radius 3 is 2.45 bits per heavy atom. The van der Waals surface area contributed by atoms with Crippen LogP contribution in [0.15, 0.2) is 54.9 Å². The molecule has 1 saturated heterocycles. The number of benzene rings is 1. The van der Waals surface area contributed by atoms with E-state index < -0.39 is 11.9 Å². The van der Waals surface area contributed by atoms with Gasteiger partial charge < -0.3 is 35.4 Å². The lowest BCUT2D eigenvalue weighted by Gasteiger charge is -2.31. The van der Waals surface area contributed by atoms with Crippen LogP contribution in [0.4, 0.5) is 5.69 Å².